The molecule has 0 heterocycles. The van der Waals surface area contributed by atoms with Crippen LogP contribution in [-0.2, 0) is 9.53 Å². The van der Waals surface area contributed by atoms with Gasteiger partial charge in [-0.15, -0.1) is 0 Å². The Labute approximate surface area is 117 Å². The van der Waals surface area contributed by atoms with Crippen molar-refractivity contribution >= 4 is 5.97 Å². The molecule has 0 aliphatic heterocycles. The first-order valence-electron chi connectivity index (χ1n) is 8.04. The highest BCUT2D eigenvalue weighted by molar-refractivity contribution is 5.76. The minimum atomic E-state index is -0.0733. The highest BCUT2D eigenvalue weighted by Gasteiger charge is 2.33. The number of carbonyl (C=O) groups excluding carboxylic acids is 1. The first-order chi connectivity index (χ1) is 9.20. The average Bonchev–Trinajstić information content (AvgIpc) is 2.45. The van der Waals surface area contributed by atoms with E-state index in [-0.39, 0.29) is 12.0 Å². The summed E-state index contributed by atoms with van der Waals surface area (Å²) >= 11 is 0. The molecule has 2 aliphatic rings. The minimum Gasteiger partial charge on any atom is -0.468 e. The first kappa shape index (κ1) is 14.8. The fourth-order valence-corrected chi connectivity index (χ4v) is 3.83. The quantitative estimate of drug-likeness (QED) is 0.794. The molecule has 2 rings (SSSR count). The molecule has 2 aliphatic carbocycles. The molecule has 110 valence electrons. The molecule has 3 nitrogen and oxygen atoms in total. The van der Waals surface area contributed by atoms with Gasteiger partial charge in [0.2, 0.25) is 0 Å². The zero-order valence-electron chi connectivity index (χ0n) is 12.5. The molecular weight excluding hydrogens is 238 g/mol. The molecule has 0 aromatic rings. The number of carbonyl (C=O) groups is 1. The number of rotatable bonds is 4. The van der Waals surface area contributed by atoms with Gasteiger partial charge in [-0.1, -0.05) is 39.0 Å². The van der Waals surface area contributed by atoms with E-state index in [4.69, 9.17) is 4.74 Å². The van der Waals surface area contributed by atoms with Gasteiger partial charge in [0.25, 0.3) is 0 Å². The lowest BCUT2D eigenvalue weighted by molar-refractivity contribution is -0.145. The Balaban J connectivity index is 1.96. The van der Waals surface area contributed by atoms with E-state index in [1.807, 2.05) is 0 Å². The van der Waals surface area contributed by atoms with Crippen LogP contribution in [0.25, 0.3) is 0 Å². The molecule has 0 spiro atoms. The highest BCUT2D eigenvalue weighted by atomic mass is 16.5. The number of ether oxygens (including phenoxy) is 1. The van der Waals surface area contributed by atoms with Crippen molar-refractivity contribution in [3.05, 3.63) is 0 Å². The van der Waals surface area contributed by atoms with Gasteiger partial charge in [-0.05, 0) is 37.5 Å². The lowest BCUT2D eigenvalue weighted by Crippen LogP contribution is -2.50. The first-order valence-corrected chi connectivity index (χ1v) is 8.04. The van der Waals surface area contributed by atoms with Crippen LogP contribution >= 0.6 is 0 Å². The van der Waals surface area contributed by atoms with Crippen LogP contribution in [0.15, 0.2) is 0 Å². The number of hydrogen-bond donors (Lipinski definition) is 1. The molecule has 0 aromatic carbocycles. The van der Waals surface area contributed by atoms with Crippen molar-refractivity contribution in [1.82, 2.24) is 5.32 Å². The summed E-state index contributed by atoms with van der Waals surface area (Å²) in [6.07, 6.45) is 11.3. The Morgan fingerprint density at radius 2 is 1.84 bits per heavy atom. The van der Waals surface area contributed by atoms with Gasteiger partial charge >= 0.3 is 5.97 Å². The minimum absolute atomic E-state index is 0.0512. The topological polar surface area (TPSA) is 38.3 Å². The Morgan fingerprint density at radius 3 is 2.47 bits per heavy atom. The summed E-state index contributed by atoms with van der Waals surface area (Å²) in [6, 6.07) is 0.450. The Bertz CT molecular complexity index is 286. The van der Waals surface area contributed by atoms with Gasteiger partial charge in [-0.2, -0.15) is 0 Å². The molecule has 3 unspecified atom stereocenters. The SMILES string of the molecule is COC(=O)C(NC1CCCCC1)C1CCCC(C)C1. The zero-order valence-corrected chi connectivity index (χ0v) is 12.5. The largest absolute Gasteiger partial charge is 0.468 e. The number of methoxy groups -OCH3 is 1. The van der Waals surface area contributed by atoms with Crippen LogP contribution in [0.1, 0.15) is 64.7 Å². The fraction of sp³-hybridized carbons (Fsp3) is 0.938. The third kappa shape index (κ3) is 4.20. The van der Waals surface area contributed by atoms with E-state index in [9.17, 15) is 4.79 Å². The van der Waals surface area contributed by atoms with Crippen molar-refractivity contribution in [1.29, 1.82) is 0 Å². The molecule has 0 aromatic heterocycles. The summed E-state index contributed by atoms with van der Waals surface area (Å²) < 4.78 is 5.04. The number of nitrogens with one attached hydrogen (secondary N) is 1. The van der Waals surface area contributed by atoms with Crippen molar-refractivity contribution < 1.29 is 9.53 Å². The third-order valence-electron chi connectivity index (χ3n) is 4.92. The highest BCUT2D eigenvalue weighted by Crippen LogP contribution is 2.32. The van der Waals surface area contributed by atoms with Crippen LogP contribution in [0.4, 0.5) is 0 Å². The maximum atomic E-state index is 12.1. The van der Waals surface area contributed by atoms with E-state index in [0.29, 0.717) is 12.0 Å². The molecule has 2 saturated carbocycles. The normalized spacial score (nSPS) is 30.8. The van der Waals surface area contributed by atoms with E-state index < -0.39 is 0 Å². The predicted octanol–water partition coefficient (Wildman–Crippen LogP) is 3.28. The van der Waals surface area contributed by atoms with Crippen molar-refractivity contribution in [2.45, 2.75) is 76.8 Å². The van der Waals surface area contributed by atoms with Crippen molar-refractivity contribution in [2.75, 3.05) is 7.11 Å². The molecule has 0 radical (unpaired) electrons. The van der Waals surface area contributed by atoms with Crippen LogP contribution in [-0.4, -0.2) is 25.2 Å². The Hall–Kier alpha value is -0.570. The lowest BCUT2D eigenvalue weighted by Gasteiger charge is -2.35. The average molecular weight is 267 g/mol. The van der Waals surface area contributed by atoms with Gasteiger partial charge in [0.05, 0.1) is 7.11 Å². The molecular formula is C16H29NO2. The van der Waals surface area contributed by atoms with Gasteiger partial charge in [-0.25, -0.2) is 0 Å². The molecule has 19 heavy (non-hydrogen) atoms. The van der Waals surface area contributed by atoms with Crippen LogP contribution < -0.4 is 5.32 Å². The van der Waals surface area contributed by atoms with Crippen molar-refractivity contribution in [2.24, 2.45) is 11.8 Å². The standard InChI is InChI=1S/C16H29NO2/c1-12-7-6-8-13(11-12)15(16(18)19-2)17-14-9-4-3-5-10-14/h12-15,17H,3-11H2,1-2H3. The molecule has 3 atom stereocenters. The Kier molecular flexibility index (Phi) is 5.68. The molecule has 0 amide bonds. The van der Waals surface area contributed by atoms with Gasteiger partial charge in [0.1, 0.15) is 6.04 Å². The second kappa shape index (κ2) is 7.28. The maximum Gasteiger partial charge on any atom is 0.323 e. The van der Waals surface area contributed by atoms with E-state index in [1.54, 1.807) is 0 Å². The summed E-state index contributed by atoms with van der Waals surface area (Å²) in [6.45, 7) is 2.31. The lowest BCUT2D eigenvalue weighted by atomic mass is 9.78. The summed E-state index contributed by atoms with van der Waals surface area (Å²) in [7, 11) is 1.52. The smallest absolute Gasteiger partial charge is 0.323 e. The molecule has 0 saturated heterocycles. The monoisotopic (exact) mass is 267 g/mol. The van der Waals surface area contributed by atoms with Crippen molar-refractivity contribution in [3.63, 3.8) is 0 Å². The van der Waals surface area contributed by atoms with Gasteiger partial charge in [0.15, 0.2) is 0 Å². The summed E-state index contributed by atoms with van der Waals surface area (Å²) in [5.41, 5.74) is 0. The number of hydrogen-bond acceptors (Lipinski definition) is 3. The van der Waals surface area contributed by atoms with Gasteiger partial charge in [-0.3, -0.25) is 4.79 Å². The molecule has 0 bridgehead atoms. The predicted molar refractivity (Wildman–Crippen MR) is 76.9 cm³/mol. The van der Waals surface area contributed by atoms with Gasteiger partial charge in [0, 0.05) is 6.04 Å². The molecule has 2 fully saturated rings. The summed E-state index contributed by atoms with van der Waals surface area (Å²) in [4.78, 5) is 12.1. The Morgan fingerprint density at radius 1 is 1.11 bits per heavy atom. The third-order valence-corrected chi connectivity index (χ3v) is 4.92. The second-order valence-corrected chi connectivity index (χ2v) is 6.53. The van der Waals surface area contributed by atoms with E-state index in [1.165, 1.54) is 64.9 Å². The van der Waals surface area contributed by atoms with Crippen LogP contribution in [0.5, 0.6) is 0 Å². The zero-order chi connectivity index (χ0) is 13.7. The fourth-order valence-electron chi connectivity index (χ4n) is 3.83. The molecule has 3 heteroatoms. The van der Waals surface area contributed by atoms with Crippen LogP contribution in [0.2, 0.25) is 0 Å². The second-order valence-electron chi connectivity index (χ2n) is 6.53. The summed E-state index contributed by atoms with van der Waals surface area (Å²) in [5.74, 6) is 1.17. The summed E-state index contributed by atoms with van der Waals surface area (Å²) in [5, 5.41) is 3.62. The number of esters is 1. The van der Waals surface area contributed by atoms with Crippen LogP contribution in [0, 0.1) is 11.8 Å². The molecule has 1 N–H and O–H groups in total. The van der Waals surface area contributed by atoms with E-state index in [0.717, 1.165) is 5.92 Å². The van der Waals surface area contributed by atoms with Crippen molar-refractivity contribution in [3.8, 4) is 0 Å². The van der Waals surface area contributed by atoms with Gasteiger partial charge < -0.3 is 10.1 Å². The maximum absolute atomic E-state index is 12.1. The van der Waals surface area contributed by atoms with E-state index in [2.05, 4.69) is 12.2 Å². The van der Waals surface area contributed by atoms with Crippen LogP contribution in [0.3, 0.4) is 0 Å². The van der Waals surface area contributed by atoms with E-state index >= 15 is 0 Å².